The Bertz CT molecular complexity index is 829. The number of likely N-dealkylation sites (tertiary alicyclic amines) is 1. The highest BCUT2D eigenvalue weighted by molar-refractivity contribution is 5.94. The summed E-state index contributed by atoms with van der Waals surface area (Å²) in [6.45, 7) is 5.47. The minimum atomic E-state index is -1.40. The Hall–Kier alpha value is -2.99. The molecule has 0 saturated carbocycles. The van der Waals surface area contributed by atoms with Crippen LogP contribution in [0.2, 0.25) is 0 Å². The van der Waals surface area contributed by atoms with Gasteiger partial charge in [-0.2, -0.15) is 0 Å². The van der Waals surface area contributed by atoms with Gasteiger partial charge in [0.1, 0.15) is 18.1 Å². The summed E-state index contributed by atoms with van der Waals surface area (Å²) in [7, 11) is 0. The Morgan fingerprint density at radius 1 is 1.30 bits per heavy atom. The van der Waals surface area contributed by atoms with Crippen LogP contribution in [-0.2, 0) is 25.6 Å². The highest BCUT2D eigenvalue weighted by atomic mass is 16.4. The molecular weight excluding hydrogens is 432 g/mol. The number of aliphatic hydroxyl groups is 1. The van der Waals surface area contributed by atoms with Crippen LogP contribution in [0.1, 0.15) is 45.7 Å². The molecule has 33 heavy (non-hydrogen) atoms. The lowest BCUT2D eigenvalue weighted by Gasteiger charge is -2.30. The highest BCUT2D eigenvalue weighted by Crippen LogP contribution is 2.21. The summed E-state index contributed by atoms with van der Waals surface area (Å²) in [5.74, 6) is -3.11. The molecule has 0 spiro atoms. The molecule has 12 heteroatoms. The average Bonchev–Trinajstić information content (AvgIpc) is 3.46. The smallest absolute Gasteiger partial charge is 0.326 e. The number of nitrogens with one attached hydrogen (secondary N) is 3. The maximum Gasteiger partial charge on any atom is 0.326 e. The molecule has 184 valence electrons. The summed E-state index contributed by atoms with van der Waals surface area (Å²) < 4.78 is 0. The van der Waals surface area contributed by atoms with Gasteiger partial charge >= 0.3 is 5.97 Å². The molecule has 2 rings (SSSR count). The fourth-order valence-corrected chi connectivity index (χ4v) is 3.72. The lowest BCUT2D eigenvalue weighted by Crippen LogP contribution is -2.59. The highest BCUT2D eigenvalue weighted by Gasteiger charge is 2.39. The van der Waals surface area contributed by atoms with Gasteiger partial charge in [0.2, 0.25) is 17.7 Å². The quantitative estimate of drug-likeness (QED) is 0.233. The van der Waals surface area contributed by atoms with E-state index in [1.807, 2.05) is 13.8 Å². The minimum absolute atomic E-state index is 0.0550. The van der Waals surface area contributed by atoms with E-state index in [2.05, 4.69) is 20.6 Å². The van der Waals surface area contributed by atoms with E-state index < -0.39 is 48.1 Å². The van der Waals surface area contributed by atoms with Gasteiger partial charge in [0.05, 0.1) is 18.5 Å². The molecule has 12 nitrogen and oxygen atoms in total. The third kappa shape index (κ3) is 6.75. The number of hydrogen-bond donors (Lipinski definition) is 6. The fraction of sp³-hybridized carbons (Fsp3) is 0.667. The standard InChI is InChI=1S/C21H34N6O6/c1-4-11(2)16(22)20(31)27-7-5-6-15(27)18(29)26-17(12(3)28)19(30)25-14(21(32)33)8-13-9-23-10-24-13/h9-12,14-17,28H,4-8,22H2,1-3H3,(H,23,24)(H,25,30)(H,26,29)(H,32,33). The van der Waals surface area contributed by atoms with Crippen LogP contribution in [0.15, 0.2) is 12.5 Å². The van der Waals surface area contributed by atoms with Crippen LogP contribution in [-0.4, -0.2) is 85.6 Å². The molecule has 6 atom stereocenters. The first-order valence-electron chi connectivity index (χ1n) is 11.1. The second-order valence-corrected chi connectivity index (χ2v) is 8.51. The van der Waals surface area contributed by atoms with Crippen LogP contribution in [0, 0.1) is 5.92 Å². The van der Waals surface area contributed by atoms with Gasteiger partial charge in [0.25, 0.3) is 0 Å². The number of aliphatic carboxylic acids is 1. The van der Waals surface area contributed by atoms with E-state index in [0.29, 0.717) is 31.5 Å². The lowest BCUT2D eigenvalue weighted by molar-refractivity contribution is -0.144. The first-order chi connectivity index (χ1) is 15.6. The van der Waals surface area contributed by atoms with Crippen molar-refractivity contribution in [2.75, 3.05) is 6.54 Å². The van der Waals surface area contributed by atoms with Gasteiger partial charge < -0.3 is 36.5 Å². The molecule has 1 aliphatic heterocycles. The van der Waals surface area contributed by atoms with Gasteiger partial charge in [0.15, 0.2) is 0 Å². The van der Waals surface area contributed by atoms with Crippen LogP contribution in [0.4, 0.5) is 0 Å². The number of aliphatic hydroxyl groups excluding tert-OH is 1. The largest absolute Gasteiger partial charge is 0.480 e. The Kier molecular flexibility index (Phi) is 9.35. The molecule has 0 bridgehead atoms. The number of aromatic amines is 1. The number of amides is 3. The average molecular weight is 467 g/mol. The second-order valence-electron chi connectivity index (χ2n) is 8.51. The first-order valence-corrected chi connectivity index (χ1v) is 11.1. The maximum absolute atomic E-state index is 13.0. The number of carbonyl (C=O) groups is 4. The fourth-order valence-electron chi connectivity index (χ4n) is 3.72. The predicted octanol–water partition coefficient (Wildman–Crippen LogP) is -1.25. The molecule has 0 aromatic carbocycles. The Morgan fingerprint density at radius 2 is 2.00 bits per heavy atom. The molecule has 1 aliphatic rings. The van der Waals surface area contributed by atoms with Crippen molar-refractivity contribution in [1.29, 1.82) is 0 Å². The van der Waals surface area contributed by atoms with Gasteiger partial charge in [-0.05, 0) is 25.7 Å². The molecule has 1 aromatic heterocycles. The number of rotatable bonds is 11. The molecule has 7 N–H and O–H groups in total. The topological polar surface area (TPSA) is 191 Å². The van der Waals surface area contributed by atoms with E-state index >= 15 is 0 Å². The van der Waals surface area contributed by atoms with Gasteiger partial charge in [-0.1, -0.05) is 20.3 Å². The molecule has 0 radical (unpaired) electrons. The van der Waals surface area contributed by atoms with Crippen LogP contribution < -0.4 is 16.4 Å². The molecule has 3 amide bonds. The zero-order valence-corrected chi connectivity index (χ0v) is 19.2. The van der Waals surface area contributed by atoms with Gasteiger partial charge in [-0.3, -0.25) is 14.4 Å². The predicted molar refractivity (Wildman–Crippen MR) is 118 cm³/mol. The maximum atomic E-state index is 13.0. The van der Waals surface area contributed by atoms with Crippen molar-refractivity contribution < 1.29 is 29.4 Å². The number of carboxylic acid groups (broad SMARTS) is 1. The molecule has 1 fully saturated rings. The van der Waals surface area contributed by atoms with Gasteiger partial charge in [0, 0.05) is 24.9 Å². The Balaban J connectivity index is 2.07. The van der Waals surface area contributed by atoms with E-state index in [4.69, 9.17) is 5.73 Å². The number of nitrogens with zero attached hydrogens (tertiary/aromatic N) is 2. The van der Waals surface area contributed by atoms with Crippen molar-refractivity contribution in [2.24, 2.45) is 11.7 Å². The third-order valence-electron chi connectivity index (χ3n) is 6.04. The van der Waals surface area contributed by atoms with Crippen molar-refractivity contribution >= 4 is 23.7 Å². The van der Waals surface area contributed by atoms with Crippen molar-refractivity contribution in [2.45, 2.75) is 76.7 Å². The summed E-state index contributed by atoms with van der Waals surface area (Å²) in [6, 6.07) is -4.25. The molecular formula is C21H34N6O6. The Morgan fingerprint density at radius 3 is 2.55 bits per heavy atom. The monoisotopic (exact) mass is 466 g/mol. The second kappa shape index (κ2) is 11.8. The van der Waals surface area contributed by atoms with E-state index in [1.54, 1.807) is 0 Å². The van der Waals surface area contributed by atoms with Crippen LogP contribution in [0.25, 0.3) is 0 Å². The zero-order valence-electron chi connectivity index (χ0n) is 19.2. The molecule has 6 unspecified atom stereocenters. The summed E-state index contributed by atoms with van der Waals surface area (Å²) in [4.78, 5) is 58.1. The number of H-pyrrole nitrogens is 1. The number of imidazole rings is 1. The van der Waals surface area contributed by atoms with Crippen LogP contribution >= 0.6 is 0 Å². The van der Waals surface area contributed by atoms with Crippen molar-refractivity contribution in [1.82, 2.24) is 25.5 Å². The number of nitrogens with two attached hydrogens (primary N) is 1. The van der Waals surface area contributed by atoms with Gasteiger partial charge in [-0.15, -0.1) is 0 Å². The number of carboxylic acids is 1. The molecule has 2 heterocycles. The van der Waals surface area contributed by atoms with Crippen molar-refractivity contribution in [3.8, 4) is 0 Å². The number of hydrogen-bond acceptors (Lipinski definition) is 7. The zero-order chi connectivity index (χ0) is 24.7. The molecule has 1 saturated heterocycles. The first kappa shape index (κ1) is 26.3. The number of aromatic nitrogens is 2. The van der Waals surface area contributed by atoms with Crippen molar-refractivity contribution in [3.05, 3.63) is 18.2 Å². The minimum Gasteiger partial charge on any atom is -0.480 e. The molecule has 1 aromatic rings. The van der Waals surface area contributed by atoms with E-state index in [-0.39, 0.29) is 18.2 Å². The van der Waals surface area contributed by atoms with E-state index in [9.17, 15) is 29.4 Å². The SMILES string of the molecule is CCC(C)C(N)C(=O)N1CCCC1C(=O)NC(C(=O)NC(Cc1cnc[nH]1)C(=O)O)C(C)O. The van der Waals surface area contributed by atoms with Crippen LogP contribution in [0.3, 0.4) is 0 Å². The molecule has 0 aliphatic carbocycles. The van der Waals surface area contributed by atoms with Crippen LogP contribution in [0.5, 0.6) is 0 Å². The van der Waals surface area contributed by atoms with E-state index in [1.165, 1.54) is 24.3 Å². The van der Waals surface area contributed by atoms with E-state index in [0.717, 1.165) is 0 Å². The number of carbonyl (C=O) groups excluding carboxylic acids is 3. The summed E-state index contributed by atoms with van der Waals surface area (Å²) in [5, 5.41) is 24.4. The summed E-state index contributed by atoms with van der Waals surface area (Å²) >= 11 is 0. The van der Waals surface area contributed by atoms with Gasteiger partial charge in [-0.25, -0.2) is 9.78 Å². The normalized spacial score (nSPS) is 20.4. The Labute approximate surface area is 192 Å². The third-order valence-corrected chi connectivity index (χ3v) is 6.04. The summed E-state index contributed by atoms with van der Waals surface area (Å²) in [5.41, 5.74) is 6.56. The van der Waals surface area contributed by atoms with Crippen molar-refractivity contribution in [3.63, 3.8) is 0 Å². The summed E-state index contributed by atoms with van der Waals surface area (Å²) in [6.07, 6.45) is 3.18. The lowest BCUT2D eigenvalue weighted by atomic mass is 9.98.